The van der Waals surface area contributed by atoms with Gasteiger partial charge in [0.1, 0.15) is 17.6 Å². The lowest BCUT2D eigenvalue weighted by atomic mass is 10.0. The van der Waals surface area contributed by atoms with E-state index < -0.39 is 0 Å². The first-order chi connectivity index (χ1) is 17.1. The number of fused-ring (bicyclic) bond motifs is 2. The highest BCUT2D eigenvalue weighted by Gasteiger charge is 2.24. The van der Waals surface area contributed by atoms with E-state index in [1.165, 1.54) is 6.07 Å². The van der Waals surface area contributed by atoms with Gasteiger partial charge >= 0.3 is 0 Å². The Bertz CT molecular complexity index is 1450. The van der Waals surface area contributed by atoms with Crippen LogP contribution in [0.15, 0.2) is 48.8 Å². The van der Waals surface area contributed by atoms with Crippen molar-refractivity contribution in [2.75, 3.05) is 25.0 Å². The number of halogens is 1. The topological polar surface area (TPSA) is 98.7 Å². The third kappa shape index (κ3) is 3.97. The fourth-order valence-corrected chi connectivity index (χ4v) is 4.76. The fraction of sp³-hybridized carbons (Fsp3) is 0.269. The molecular formula is C26H23FN6O2. The van der Waals surface area contributed by atoms with Crippen LogP contribution in [-0.4, -0.2) is 50.2 Å². The number of hydrogen-bond donors (Lipinski definition) is 2. The van der Waals surface area contributed by atoms with Crippen LogP contribution >= 0.6 is 0 Å². The molecule has 0 atom stereocenters. The normalized spacial score (nSPS) is 15.5. The first kappa shape index (κ1) is 21.5. The number of aliphatic hydroxyl groups excluding tert-OH is 1. The number of rotatable bonds is 6. The molecule has 0 amide bonds. The van der Waals surface area contributed by atoms with Gasteiger partial charge in [0.2, 0.25) is 5.95 Å². The number of nitrogens with zero attached hydrogens (tertiary/aromatic N) is 5. The zero-order chi connectivity index (χ0) is 23.9. The lowest BCUT2D eigenvalue weighted by molar-refractivity contribution is -0.00286. The van der Waals surface area contributed by atoms with E-state index >= 15 is 0 Å². The van der Waals surface area contributed by atoms with Gasteiger partial charge in [-0.3, -0.25) is 9.30 Å². The Morgan fingerprint density at radius 2 is 2.03 bits per heavy atom. The number of benzene rings is 2. The van der Waals surface area contributed by atoms with Crippen molar-refractivity contribution in [3.63, 3.8) is 0 Å². The second-order valence-electron chi connectivity index (χ2n) is 8.93. The molecule has 0 saturated carbocycles. The highest BCUT2D eigenvalue weighted by molar-refractivity contribution is 5.78. The van der Waals surface area contributed by atoms with Gasteiger partial charge in [-0.25, -0.2) is 14.4 Å². The Kier molecular flexibility index (Phi) is 5.32. The van der Waals surface area contributed by atoms with Crippen LogP contribution in [0.1, 0.15) is 22.4 Å². The summed E-state index contributed by atoms with van der Waals surface area (Å²) in [5, 5.41) is 22.2. The highest BCUT2D eigenvalue weighted by Crippen LogP contribution is 2.31. The third-order valence-corrected chi connectivity index (χ3v) is 6.58. The Hall–Kier alpha value is -4.00. The van der Waals surface area contributed by atoms with E-state index in [4.69, 9.17) is 4.74 Å². The highest BCUT2D eigenvalue weighted by atomic mass is 19.1. The maximum atomic E-state index is 14.6. The monoisotopic (exact) mass is 470 g/mol. The van der Waals surface area contributed by atoms with Gasteiger partial charge in [-0.1, -0.05) is 24.3 Å². The Morgan fingerprint density at radius 3 is 2.80 bits per heavy atom. The molecule has 4 aromatic rings. The summed E-state index contributed by atoms with van der Waals surface area (Å²) in [6.07, 6.45) is 3.81. The first-order valence-electron chi connectivity index (χ1n) is 11.5. The molecule has 176 valence electrons. The molecule has 35 heavy (non-hydrogen) atoms. The number of β-amino-alcohol motifs (C(OH)–C–C–N with tert-alkyl or cyclic N) is 1. The van der Waals surface area contributed by atoms with E-state index in [-0.39, 0.29) is 24.2 Å². The van der Waals surface area contributed by atoms with Gasteiger partial charge in [0.15, 0.2) is 11.3 Å². The van der Waals surface area contributed by atoms with Crippen molar-refractivity contribution in [2.24, 2.45) is 0 Å². The van der Waals surface area contributed by atoms with Gasteiger partial charge in [0, 0.05) is 55.5 Å². The molecule has 2 N–H and O–H groups in total. The summed E-state index contributed by atoms with van der Waals surface area (Å²) < 4.78 is 21.9. The van der Waals surface area contributed by atoms with Crippen LogP contribution in [0.2, 0.25) is 0 Å². The molecule has 2 aromatic carbocycles. The number of aliphatic hydroxyl groups is 1. The van der Waals surface area contributed by atoms with E-state index in [0.29, 0.717) is 43.3 Å². The van der Waals surface area contributed by atoms with Crippen LogP contribution in [0.25, 0.3) is 16.8 Å². The predicted octanol–water partition coefficient (Wildman–Crippen LogP) is 3.13. The van der Waals surface area contributed by atoms with Crippen molar-refractivity contribution in [3.8, 4) is 22.9 Å². The zero-order valence-electron chi connectivity index (χ0n) is 18.9. The average molecular weight is 471 g/mol. The minimum atomic E-state index is -0.286. The number of nitrogens with one attached hydrogen (secondary N) is 1. The molecule has 0 aliphatic carbocycles. The largest absolute Gasteiger partial charge is 0.493 e. The molecule has 2 aliphatic rings. The SMILES string of the molecule is N#Cc1cn2c(NCc3c(F)ccc4c3CCO4)ncc(-c3ccc(CN4CC(O)C4)cc3)c2n1. The molecule has 0 radical (unpaired) electrons. The quantitative estimate of drug-likeness (QED) is 0.447. The van der Waals surface area contributed by atoms with E-state index in [2.05, 4.69) is 38.4 Å². The minimum Gasteiger partial charge on any atom is -0.493 e. The molecule has 9 heteroatoms. The molecular weight excluding hydrogens is 447 g/mol. The van der Waals surface area contributed by atoms with Crippen molar-refractivity contribution in [3.05, 3.63) is 77.0 Å². The van der Waals surface area contributed by atoms with E-state index in [1.807, 2.05) is 12.1 Å². The summed E-state index contributed by atoms with van der Waals surface area (Å²) in [7, 11) is 0. The first-order valence-corrected chi connectivity index (χ1v) is 11.5. The van der Waals surface area contributed by atoms with E-state index in [1.54, 1.807) is 22.9 Å². The summed E-state index contributed by atoms with van der Waals surface area (Å²) in [6, 6.07) is 13.3. The summed E-state index contributed by atoms with van der Waals surface area (Å²) in [6.45, 7) is 2.98. The number of anilines is 1. The van der Waals surface area contributed by atoms with Crippen molar-refractivity contribution < 1.29 is 14.2 Å². The molecule has 0 bridgehead atoms. The second kappa shape index (κ2) is 8.65. The zero-order valence-corrected chi connectivity index (χ0v) is 18.9. The van der Waals surface area contributed by atoms with Crippen LogP contribution in [-0.2, 0) is 19.5 Å². The standard InChI is InChI=1S/C26H23FN6O2/c27-23-5-6-24-20(7-8-35-24)22(23)11-30-26-29-10-21(25-31-18(9-28)13-33(25)26)17-3-1-16(2-4-17)12-32-14-19(34)15-32/h1-6,10,13,19,34H,7-8,11-12,14-15H2,(H,29,30). The van der Waals surface area contributed by atoms with Gasteiger partial charge in [-0.15, -0.1) is 0 Å². The van der Waals surface area contributed by atoms with Crippen LogP contribution in [0.4, 0.5) is 10.3 Å². The third-order valence-electron chi connectivity index (χ3n) is 6.58. The van der Waals surface area contributed by atoms with E-state index in [0.717, 1.165) is 34.5 Å². The average Bonchev–Trinajstić information content (AvgIpc) is 3.50. The van der Waals surface area contributed by atoms with Crippen molar-refractivity contribution in [2.45, 2.75) is 25.6 Å². The van der Waals surface area contributed by atoms with Crippen molar-refractivity contribution >= 4 is 11.6 Å². The fourth-order valence-electron chi connectivity index (χ4n) is 4.76. The maximum Gasteiger partial charge on any atom is 0.208 e. The lowest BCUT2D eigenvalue weighted by Crippen LogP contribution is -2.49. The molecule has 6 rings (SSSR count). The number of nitriles is 1. The number of imidazole rings is 1. The van der Waals surface area contributed by atoms with Gasteiger partial charge in [-0.05, 0) is 23.3 Å². The van der Waals surface area contributed by atoms with Crippen LogP contribution in [0.5, 0.6) is 5.75 Å². The van der Waals surface area contributed by atoms with E-state index in [9.17, 15) is 14.8 Å². The smallest absolute Gasteiger partial charge is 0.208 e. The number of hydrogen-bond acceptors (Lipinski definition) is 7. The Balaban J connectivity index is 1.29. The molecule has 1 saturated heterocycles. The molecule has 4 heterocycles. The van der Waals surface area contributed by atoms with Crippen LogP contribution < -0.4 is 10.1 Å². The second-order valence-corrected chi connectivity index (χ2v) is 8.93. The number of aromatic nitrogens is 3. The lowest BCUT2D eigenvalue weighted by Gasteiger charge is -2.35. The summed E-state index contributed by atoms with van der Waals surface area (Å²) >= 11 is 0. The van der Waals surface area contributed by atoms with Gasteiger partial charge in [0.25, 0.3) is 0 Å². The molecule has 2 aliphatic heterocycles. The molecule has 0 unspecified atom stereocenters. The summed E-state index contributed by atoms with van der Waals surface area (Å²) in [5.74, 6) is 0.909. The summed E-state index contributed by atoms with van der Waals surface area (Å²) in [5.41, 5.74) is 5.19. The van der Waals surface area contributed by atoms with Crippen molar-refractivity contribution in [1.82, 2.24) is 19.3 Å². The maximum absolute atomic E-state index is 14.6. The summed E-state index contributed by atoms with van der Waals surface area (Å²) in [4.78, 5) is 11.3. The molecule has 2 aromatic heterocycles. The molecule has 1 fully saturated rings. The van der Waals surface area contributed by atoms with Gasteiger partial charge in [0.05, 0.1) is 18.9 Å². The Labute approximate surface area is 201 Å². The predicted molar refractivity (Wildman–Crippen MR) is 127 cm³/mol. The van der Waals surface area contributed by atoms with Crippen LogP contribution in [0, 0.1) is 17.1 Å². The molecule has 0 spiro atoms. The van der Waals surface area contributed by atoms with Crippen LogP contribution in [0.3, 0.4) is 0 Å². The molecule has 8 nitrogen and oxygen atoms in total. The van der Waals surface area contributed by atoms with Crippen molar-refractivity contribution in [1.29, 1.82) is 5.26 Å². The minimum absolute atomic E-state index is 0.219. The number of likely N-dealkylation sites (tertiary alicyclic amines) is 1. The van der Waals surface area contributed by atoms with Gasteiger partial charge in [-0.2, -0.15) is 5.26 Å². The van der Waals surface area contributed by atoms with Gasteiger partial charge < -0.3 is 15.2 Å². The Morgan fingerprint density at radius 1 is 1.20 bits per heavy atom. The number of ether oxygens (including phenoxy) is 1.